The highest BCUT2D eigenvalue weighted by molar-refractivity contribution is 5.74. The molecule has 1 aromatic rings. The molecule has 0 spiro atoms. The van der Waals surface area contributed by atoms with Gasteiger partial charge in [0.2, 0.25) is 0 Å². The Morgan fingerprint density at radius 2 is 1.74 bits per heavy atom. The third kappa shape index (κ3) is 4.78. The van der Waals surface area contributed by atoms with E-state index in [1.807, 2.05) is 30.0 Å². The normalized spacial score (nSPS) is 16.9. The van der Waals surface area contributed by atoms with Gasteiger partial charge in [0.25, 0.3) is 0 Å². The summed E-state index contributed by atoms with van der Waals surface area (Å²) in [4.78, 5) is 14.5. The van der Waals surface area contributed by atoms with Gasteiger partial charge in [-0.2, -0.15) is 0 Å². The lowest BCUT2D eigenvalue weighted by Crippen LogP contribution is -2.42. The molecule has 0 saturated carbocycles. The first-order valence-electron chi connectivity index (χ1n) is 8.43. The molecule has 1 atom stereocenters. The zero-order valence-electron chi connectivity index (χ0n) is 14.4. The number of benzene rings is 1. The number of urea groups is 1. The van der Waals surface area contributed by atoms with E-state index in [9.17, 15) is 4.79 Å². The third-order valence-electron chi connectivity index (χ3n) is 4.39. The fourth-order valence-electron chi connectivity index (χ4n) is 2.98. The summed E-state index contributed by atoms with van der Waals surface area (Å²) in [5.41, 5.74) is 0.952. The molecule has 0 radical (unpaired) electrons. The average Bonchev–Trinajstić information content (AvgIpc) is 2.53. The molecule has 0 bridgehead atoms. The Morgan fingerprint density at radius 1 is 1.09 bits per heavy atom. The first kappa shape index (κ1) is 17.4. The van der Waals surface area contributed by atoms with Gasteiger partial charge in [0, 0.05) is 24.7 Å². The maximum absolute atomic E-state index is 12.5. The van der Waals surface area contributed by atoms with E-state index < -0.39 is 0 Å². The lowest BCUT2D eigenvalue weighted by Gasteiger charge is -2.27. The molecular weight excluding hydrogens is 292 g/mol. The Balaban J connectivity index is 2.02. The minimum absolute atomic E-state index is 0.0114. The summed E-state index contributed by atoms with van der Waals surface area (Å²) in [5, 5.41) is 3.09. The van der Waals surface area contributed by atoms with E-state index in [4.69, 9.17) is 9.47 Å². The molecule has 1 saturated heterocycles. The number of amides is 2. The predicted molar refractivity (Wildman–Crippen MR) is 91.2 cm³/mol. The van der Waals surface area contributed by atoms with E-state index >= 15 is 0 Å². The van der Waals surface area contributed by atoms with E-state index in [0.717, 1.165) is 43.0 Å². The summed E-state index contributed by atoms with van der Waals surface area (Å²) in [6.07, 6.45) is 5.90. The Kier molecular flexibility index (Phi) is 6.56. The van der Waals surface area contributed by atoms with Crippen molar-refractivity contribution in [3.05, 3.63) is 23.8 Å². The number of ether oxygens (including phenoxy) is 2. The van der Waals surface area contributed by atoms with Gasteiger partial charge in [-0.05, 0) is 31.9 Å². The molecule has 5 nitrogen and oxygen atoms in total. The Hall–Kier alpha value is -1.91. The number of hydrogen-bond donors (Lipinski definition) is 1. The number of nitrogens with one attached hydrogen (secondary N) is 1. The first-order valence-corrected chi connectivity index (χ1v) is 8.43. The fourth-order valence-corrected chi connectivity index (χ4v) is 2.98. The van der Waals surface area contributed by atoms with Crippen LogP contribution in [0.15, 0.2) is 18.2 Å². The van der Waals surface area contributed by atoms with Crippen molar-refractivity contribution in [2.24, 2.45) is 0 Å². The van der Waals surface area contributed by atoms with Crippen LogP contribution >= 0.6 is 0 Å². The SMILES string of the molecule is COc1ccc(C(C)NC(=O)N2CCCCCCC2)c(OC)c1. The van der Waals surface area contributed by atoms with Crippen LogP contribution in [-0.4, -0.2) is 38.2 Å². The predicted octanol–water partition coefficient (Wildman–Crippen LogP) is 3.74. The highest BCUT2D eigenvalue weighted by Crippen LogP contribution is 2.29. The van der Waals surface area contributed by atoms with Gasteiger partial charge in [-0.1, -0.05) is 19.3 Å². The number of rotatable bonds is 4. The van der Waals surface area contributed by atoms with Crippen molar-refractivity contribution < 1.29 is 14.3 Å². The van der Waals surface area contributed by atoms with Crippen LogP contribution in [0.25, 0.3) is 0 Å². The first-order chi connectivity index (χ1) is 11.2. The van der Waals surface area contributed by atoms with Crippen LogP contribution < -0.4 is 14.8 Å². The van der Waals surface area contributed by atoms with Crippen molar-refractivity contribution in [3.63, 3.8) is 0 Å². The van der Waals surface area contributed by atoms with Crippen molar-refractivity contribution in [1.29, 1.82) is 0 Å². The summed E-state index contributed by atoms with van der Waals surface area (Å²) >= 11 is 0. The monoisotopic (exact) mass is 320 g/mol. The minimum atomic E-state index is -0.117. The smallest absolute Gasteiger partial charge is 0.317 e. The van der Waals surface area contributed by atoms with Crippen molar-refractivity contribution >= 4 is 6.03 Å². The van der Waals surface area contributed by atoms with Crippen LogP contribution in [-0.2, 0) is 0 Å². The molecule has 1 unspecified atom stereocenters. The molecule has 1 aliphatic rings. The molecule has 5 heteroatoms. The summed E-state index contributed by atoms with van der Waals surface area (Å²) in [6.45, 7) is 3.67. The van der Waals surface area contributed by atoms with Crippen LogP contribution in [0.4, 0.5) is 4.79 Å². The average molecular weight is 320 g/mol. The molecule has 1 aliphatic heterocycles. The topological polar surface area (TPSA) is 50.8 Å². The minimum Gasteiger partial charge on any atom is -0.497 e. The molecule has 2 rings (SSSR count). The van der Waals surface area contributed by atoms with Gasteiger partial charge >= 0.3 is 6.03 Å². The summed E-state index contributed by atoms with van der Waals surface area (Å²) in [7, 11) is 3.26. The summed E-state index contributed by atoms with van der Waals surface area (Å²) in [6, 6.07) is 5.56. The second kappa shape index (κ2) is 8.65. The highest BCUT2D eigenvalue weighted by atomic mass is 16.5. The van der Waals surface area contributed by atoms with Gasteiger partial charge in [-0.25, -0.2) is 4.79 Å². The third-order valence-corrected chi connectivity index (χ3v) is 4.39. The van der Waals surface area contributed by atoms with Crippen LogP contribution in [0.1, 0.15) is 50.6 Å². The number of hydrogen-bond acceptors (Lipinski definition) is 3. The van der Waals surface area contributed by atoms with Crippen LogP contribution in [0.3, 0.4) is 0 Å². The molecule has 1 heterocycles. The van der Waals surface area contributed by atoms with Gasteiger partial charge in [0.05, 0.1) is 20.3 Å². The lowest BCUT2D eigenvalue weighted by molar-refractivity contribution is 0.189. The molecule has 2 amide bonds. The molecule has 0 aromatic heterocycles. The Bertz CT molecular complexity index is 511. The van der Waals surface area contributed by atoms with Crippen molar-refractivity contribution in [2.45, 2.75) is 45.1 Å². The molecule has 1 N–H and O–H groups in total. The van der Waals surface area contributed by atoms with Gasteiger partial charge in [-0.3, -0.25) is 0 Å². The molecule has 1 fully saturated rings. The second-order valence-electron chi connectivity index (χ2n) is 6.03. The van der Waals surface area contributed by atoms with E-state index in [2.05, 4.69) is 5.32 Å². The maximum atomic E-state index is 12.5. The maximum Gasteiger partial charge on any atom is 0.317 e. The standard InChI is InChI=1S/C18H28N2O3/c1-14(16-10-9-15(22-2)13-17(16)23-3)19-18(21)20-11-7-5-4-6-8-12-20/h9-10,13-14H,4-8,11-12H2,1-3H3,(H,19,21). The lowest BCUT2D eigenvalue weighted by atomic mass is 10.1. The van der Waals surface area contributed by atoms with Crippen molar-refractivity contribution in [3.8, 4) is 11.5 Å². The van der Waals surface area contributed by atoms with Crippen LogP contribution in [0.5, 0.6) is 11.5 Å². The van der Waals surface area contributed by atoms with E-state index in [-0.39, 0.29) is 12.1 Å². The Labute approximate surface area is 139 Å². The second-order valence-corrected chi connectivity index (χ2v) is 6.03. The van der Waals surface area contributed by atoms with Crippen molar-refractivity contribution in [1.82, 2.24) is 10.2 Å². The number of carbonyl (C=O) groups excluding carboxylic acids is 1. The largest absolute Gasteiger partial charge is 0.497 e. The van der Waals surface area contributed by atoms with Gasteiger partial charge in [0.1, 0.15) is 11.5 Å². The molecule has 128 valence electrons. The molecular formula is C18H28N2O3. The van der Waals surface area contributed by atoms with E-state index in [1.54, 1.807) is 14.2 Å². The molecule has 23 heavy (non-hydrogen) atoms. The van der Waals surface area contributed by atoms with Crippen molar-refractivity contribution in [2.75, 3.05) is 27.3 Å². The Morgan fingerprint density at radius 3 is 2.35 bits per heavy atom. The van der Waals surface area contributed by atoms with Gasteiger partial charge in [0.15, 0.2) is 0 Å². The fraction of sp³-hybridized carbons (Fsp3) is 0.611. The van der Waals surface area contributed by atoms with Crippen LogP contribution in [0.2, 0.25) is 0 Å². The highest BCUT2D eigenvalue weighted by Gasteiger charge is 2.19. The molecule has 0 aliphatic carbocycles. The number of carbonyl (C=O) groups is 1. The van der Waals surface area contributed by atoms with E-state index in [0.29, 0.717) is 0 Å². The zero-order valence-corrected chi connectivity index (χ0v) is 14.4. The van der Waals surface area contributed by atoms with Crippen LogP contribution in [0, 0.1) is 0 Å². The van der Waals surface area contributed by atoms with E-state index in [1.165, 1.54) is 19.3 Å². The van der Waals surface area contributed by atoms with Gasteiger partial charge in [-0.15, -0.1) is 0 Å². The summed E-state index contributed by atoms with van der Waals surface area (Å²) in [5.74, 6) is 1.47. The summed E-state index contributed by atoms with van der Waals surface area (Å²) < 4.78 is 10.6. The number of nitrogens with zero attached hydrogens (tertiary/aromatic N) is 1. The number of likely N-dealkylation sites (tertiary alicyclic amines) is 1. The zero-order chi connectivity index (χ0) is 16.7. The molecule has 1 aromatic carbocycles. The number of methoxy groups -OCH3 is 2. The van der Waals surface area contributed by atoms with Gasteiger partial charge < -0.3 is 19.7 Å². The quantitative estimate of drug-likeness (QED) is 0.919.